The zero-order chi connectivity index (χ0) is 16.5. The minimum absolute atomic E-state index is 0.204. The molecule has 3 aromatic carbocycles. The second-order valence-corrected chi connectivity index (χ2v) is 5.86. The van der Waals surface area contributed by atoms with Gasteiger partial charge in [-0.05, 0) is 30.2 Å². The molecule has 1 aliphatic rings. The van der Waals surface area contributed by atoms with Crippen LogP contribution in [-0.2, 0) is 0 Å². The second kappa shape index (κ2) is 5.78. The lowest BCUT2D eigenvalue weighted by atomic mass is 10.1. The Bertz CT molecular complexity index is 908. The molecule has 0 saturated carbocycles. The molecule has 0 atom stereocenters. The topological polar surface area (TPSA) is 41.5 Å². The SMILES string of the molecule is Cc1ccc(C(=O)NN=C2c3ccccc3-c3ccccc32)cc1. The highest BCUT2D eigenvalue weighted by Gasteiger charge is 2.24. The number of hydrazone groups is 1. The molecule has 116 valence electrons. The molecular formula is C21H16N2O. The summed E-state index contributed by atoms with van der Waals surface area (Å²) in [4.78, 5) is 12.3. The van der Waals surface area contributed by atoms with Crippen LogP contribution in [0.3, 0.4) is 0 Å². The van der Waals surface area contributed by atoms with Crippen LogP contribution in [0.2, 0.25) is 0 Å². The Labute approximate surface area is 140 Å². The predicted molar refractivity (Wildman–Crippen MR) is 96.2 cm³/mol. The molecule has 3 nitrogen and oxygen atoms in total. The summed E-state index contributed by atoms with van der Waals surface area (Å²) in [6.07, 6.45) is 0. The van der Waals surface area contributed by atoms with Crippen LogP contribution in [0.5, 0.6) is 0 Å². The third-order valence-electron chi connectivity index (χ3n) is 4.24. The maximum Gasteiger partial charge on any atom is 0.271 e. The standard InChI is InChI=1S/C21H16N2O/c1-14-10-12-15(13-11-14)21(24)23-22-20-18-8-4-2-6-16(18)17-7-3-5-9-19(17)20/h2-13H,1H3,(H,23,24). The average Bonchev–Trinajstić information content (AvgIpc) is 2.94. The van der Waals surface area contributed by atoms with E-state index in [2.05, 4.69) is 22.7 Å². The molecule has 0 spiro atoms. The number of nitrogens with one attached hydrogen (secondary N) is 1. The van der Waals surface area contributed by atoms with E-state index in [9.17, 15) is 4.79 Å². The van der Waals surface area contributed by atoms with Crippen molar-refractivity contribution in [2.45, 2.75) is 6.92 Å². The summed E-state index contributed by atoms with van der Waals surface area (Å²) in [6.45, 7) is 1.99. The van der Waals surface area contributed by atoms with Gasteiger partial charge in [0.15, 0.2) is 0 Å². The largest absolute Gasteiger partial charge is 0.271 e. The van der Waals surface area contributed by atoms with Crippen LogP contribution in [0, 0.1) is 6.92 Å². The van der Waals surface area contributed by atoms with Crippen molar-refractivity contribution in [3.05, 3.63) is 95.1 Å². The lowest BCUT2D eigenvalue weighted by Crippen LogP contribution is -2.19. The van der Waals surface area contributed by atoms with E-state index in [4.69, 9.17) is 0 Å². The van der Waals surface area contributed by atoms with Gasteiger partial charge in [-0.1, -0.05) is 66.2 Å². The highest BCUT2D eigenvalue weighted by Crippen LogP contribution is 2.36. The Morgan fingerprint density at radius 2 is 1.25 bits per heavy atom. The van der Waals surface area contributed by atoms with Crippen LogP contribution in [0.25, 0.3) is 11.1 Å². The summed E-state index contributed by atoms with van der Waals surface area (Å²) >= 11 is 0. The molecular weight excluding hydrogens is 296 g/mol. The summed E-state index contributed by atoms with van der Waals surface area (Å²) < 4.78 is 0. The maximum absolute atomic E-state index is 12.3. The highest BCUT2D eigenvalue weighted by atomic mass is 16.2. The smallest absolute Gasteiger partial charge is 0.267 e. The van der Waals surface area contributed by atoms with Gasteiger partial charge in [0, 0.05) is 16.7 Å². The fraction of sp³-hybridized carbons (Fsp3) is 0.0476. The van der Waals surface area contributed by atoms with Gasteiger partial charge >= 0.3 is 0 Å². The fourth-order valence-corrected chi connectivity index (χ4v) is 2.99. The van der Waals surface area contributed by atoms with Crippen molar-refractivity contribution in [2.24, 2.45) is 5.10 Å². The van der Waals surface area contributed by atoms with E-state index in [1.807, 2.05) is 55.5 Å². The third-order valence-corrected chi connectivity index (χ3v) is 4.24. The van der Waals surface area contributed by atoms with Crippen molar-refractivity contribution >= 4 is 11.6 Å². The lowest BCUT2D eigenvalue weighted by Gasteiger charge is -2.04. The number of amides is 1. The summed E-state index contributed by atoms with van der Waals surface area (Å²) in [6, 6.07) is 23.7. The van der Waals surface area contributed by atoms with E-state index < -0.39 is 0 Å². The first kappa shape index (κ1) is 14.4. The van der Waals surface area contributed by atoms with Gasteiger partial charge in [-0.25, -0.2) is 5.43 Å². The monoisotopic (exact) mass is 312 g/mol. The summed E-state index contributed by atoms with van der Waals surface area (Å²) in [5.74, 6) is -0.204. The van der Waals surface area contributed by atoms with Crippen molar-refractivity contribution < 1.29 is 4.79 Å². The summed E-state index contributed by atoms with van der Waals surface area (Å²) in [7, 11) is 0. The number of hydrogen-bond acceptors (Lipinski definition) is 2. The molecule has 0 unspecified atom stereocenters. The van der Waals surface area contributed by atoms with Crippen LogP contribution < -0.4 is 5.43 Å². The molecule has 0 saturated heterocycles. The summed E-state index contributed by atoms with van der Waals surface area (Å²) in [5.41, 5.74) is 9.61. The van der Waals surface area contributed by atoms with Gasteiger partial charge in [0.05, 0.1) is 5.71 Å². The number of nitrogens with zero attached hydrogens (tertiary/aromatic N) is 1. The first-order valence-corrected chi connectivity index (χ1v) is 7.88. The van der Waals surface area contributed by atoms with Crippen molar-refractivity contribution in [3.8, 4) is 11.1 Å². The number of fused-ring (bicyclic) bond motifs is 3. The summed E-state index contributed by atoms with van der Waals surface area (Å²) in [5, 5.41) is 4.42. The van der Waals surface area contributed by atoms with Gasteiger partial charge in [0.1, 0.15) is 0 Å². The number of aryl methyl sites for hydroxylation is 1. The molecule has 0 aliphatic heterocycles. The fourth-order valence-electron chi connectivity index (χ4n) is 2.99. The van der Waals surface area contributed by atoms with Crippen LogP contribution in [0.15, 0.2) is 77.9 Å². The Hall–Kier alpha value is -3.20. The zero-order valence-electron chi connectivity index (χ0n) is 13.3. The molecule has 0 fully saturated rings. The third kappa shape index (κ3) is 2.40. The van der Waals surface area contributed by atoms with Gasteiger partial charge < -0.3 is 0 Å². The number of hydrogen-bond donors (Lipinski definition) is 1. The van der Waals surface area contributed by atoms with Crippen molar-refractivity contribution in [1.82, 2.24) is 5.43 Å². The first-order chi connectivity index (χ1) is 11.7. The molecule has 24 heavy (non-hydrogen) atoms. The number of rotatable bonds is 2. The first-order valence-electron chi connectivity index (χ1n) is 7.88. The Morgan fingerprint density at radius 1 is 0.750 bits per heavy atom. The molecule has 1 N–H and O–H groups in total. The minimum Gasteiger partial charge on any atom is -0.267 e. The van der Waals surface area contributed by atoms with Crippen LogP contribution in [0.1, 0.15) is 27.0 Å². The van der Waals surface area contributed by atoms with Crippen LogP contribution in [-0.4, -0.2) is 11.6 Å². The van der Waals surface area contributed by atoms with E-state index in [-0.39, 0.29) is 5.91 Å². The van der Waals surface area contributed by atoms with Crippen LogP contribution in [0.4, 0.5) is 0 Å². The van der Waals surface area contributed by atoms with Crippen LogP contribution >= 0.6 is 0 Å². The van der Waals surface area contributed by atoms with Crippen molar-refractivity contribution in [3.63, 3.8) is 0 Å². The molecule has 0 heterocycles. The highest BCUT2D eigenvalue weighted by molar-refractivity contribution is 6.24. The van der Waals surface area contributed by atoms with E-state index in [1.54, 1.807) is 12.1 Å². The Morgan fingerprint density at radius 3 is 1.79 bits per heavy atom. The van der Waals surface area contributed by atoms with Gasteiger partial charge in [-0.3, -0.25) is 4.79 Å². The number of carbonyl (C=O) groups excluding carboxylic acids is 1. The number of benzene rings is 3. The lowest BCUT2D eigenvalue weighted by molar-refractivity contribution is 0.0955. The van der Waals surface area contributed by atoms with Crippen molar-refractivity contribution in [1.29, 1.82) is 0 Å². The Kier molecular flexibility index (Phi) is 3.47. The minimum atomic E-state index is -0.204. The van der Waals surface area contributed by atoms with E-state index >= 15 is 0 Å². The quantitative estimate of drug-likeness (QED) is 0.555. The van der Waals surface area contributed by atoms with E-state index in [1.165, 1.54) is 0 Å². The molecule has 1 aliphatic carbocycles. The Balaban J connectivity index is 1.70. The van der Waals surface area contributed by atoms with E-state index in [0.29, 0.717) is 5.56 Å². The van der Waals surface area contributed by atoms with Gasteiger partial charge in [-0.2, -0.15) is 5.10 Å². The zero-order valence-corrected chi connectivity index (χ0v) is 13.3. The molecule has 0 bridgehead atoms. The molecule has 3 aromatic rings. The normalized spacial score (nSPS) is 11.6. The van der Waals surface area contributed by atoms with Gasteiger partial charge in [0.25, 0.3) is 5.91 Å². The maximum atomic E-state index is 12.3. The predicted octanol–water partition coefficient (Wildman–Crippen LogP) is 4.16. The molecule has 1 amide bonds. The molecule has 0 aromatic heterocycles. The number of carbonyl (C=O) groups is 1. The average molecular weight is 312 g/mol. The van der Waals surface area contributed by atoms with E-state index in [0.717, 1.165) is 33.5 Å². The molecule has 3 heteroatoms. The van der Waals surface area contributed by atoms with Gasteiger partial charge in [0.2, 0.25) is 0 Å². The molecule has 0 radical (unpaired) electrons. The second-order valence-electron chi connectivity index (χ2n) is 5.86. The van der Waals surface area contributed by atoms with Gasteiger partial charge in [-0.15, -0.1) is 0 Å². The van der Waals surface area contributed by atoms with Crippen molar-refractivity contribution in [2.75, 3.05) is 0 Å². The molecule has 4 rings (SSSR count).